The van der Waals surface area contributed by atoms with Crippen molar-refractivity contribution in [3.05, 3.63) is 190 Å². The van der Waals surface area contributed by atoms with E-state index in [2.05, 4.69) is 27.7 Å². The maximum atomic E-state index is 13.0. The molecule has 6 aromatic carbocycles. The lowest BCUT2D eigenvalue weighted by Crippen LogP contribution is -2.19. The summed E-state index contributed by atoms with van der Waals surface area (Å²) in [6.45, 7) is 9.83. The standard InChI is InChI=1S/C48H42O8/c1-31(49)34-8-7-9-35(30-34)46(52)56-43-28-20-39(21-29-43)48(4,5)38-18-26-42(27-19-38)55-45(51)33-12-10-32(11-13-33)44(50)54-41-24-16-37(17-25-41)47(2,3)36-14-22-40(53-6)23-15-36/h7-30H,1-6H3. The van der Waals surface area contributed by atoms with Gasteiger partial charge in [0, 0.05) is 16.4 Å². The molecule has 8 heteroatoms. The molecular weight excluding hydrogens is 705 g/mol. The Hall–Kier alpha value is -6.80. The molecule has 0 heterocycles. The quantitative estimate of drug-likeness (QED) is 0.0692. The summed E-state index contributed by atoms with van der Waals surface area (Å²) in [4.78, 5) is 50.3. The molecular formula is C48H42O8. The third-order valence-corrected chi connectivity index (χ3v) is 10.0. The van der Waals surface area contributed by atoms with Crippen LogP contribution in [-0.2, 0) is 10.8 Å². The molecule has 0 saturated carbocycles. The number of Topliss-reactive ketones (excluding diaryl/α,β-unsaturated/α-hetero) is 1. The van der Waals surface area contributed by atoms with Crippen molar-refractivity contribution in [3.63, 3.8) is 0 Å². The maximum Gasteiger partial charge on any atom is 0.343 e. The molecule has 6 aromatic rings. The predicted molar refractivity (Wildman–Crippen MR) is 214 cm³/mol. The molecule has 282 valence electrons. The van der Waals surface area contributed by atoms with Gasteiger partial charge in [-0.1, -0.05) is 88.4 Å². The van der Waals surface area contributed by atoms with Gasteiger partial charge in [0.1, 0.15) is 23.0 Å². The molecule has 0 bridgehead atoms. The van der Waals surface area contributed by atoms with Gasteiger partial charge >= 0.3 is 17.9 Å². The van der Waals surface area contributed by atoms with E-state index >= 15 is 0 Å². The van der Waals surface area contributed by atoms with Crippen LogP contribution in [0.3, 0.4) is 0 Å². The van der Waals surface area contributed by atoms with Crippen molar-refractivity contribution in [2.75, 3.05) is 7.11 Å². The number of hydrogen-bond donors (Lipinski definition) is 0. The molecule has 0 saturated heterocycles. The number of carbonyl (C=O) groups excluding carboxylic acids is 4. The minimum atomic E-state index is -0.565. The molecule has 0 aliphatic rings. The highest BCUT2D eigenvalue weighted by molar-refractivity contribution is 5.98. The Balaban J connectivity index is 1.03. The molecule has 0 atom stereocenters. The van der Waals surface area contributed by atoms with Crippen molar-refractivity contribution in [1.82, 2.24) is 0 Å². The van der Waals surface area contributed by atoms with Crippen molar-refractivity contribution in [2.45, 2.75) is 45.4 Å². The van der Waals surface area contributed by atoms with Crippen LogP contribution in [0, 0.1) is 0 Å². The van der Waals surface area contributed by atoms with Crippen molar-refractivity contribution in [3.8, 4) is 23.0 Å². The number of rotatable bonds is 12. The fourth-order valence-corrected chi connectivity index (χ4v) is 6.27. The molecule has 56 heavy (non-hydrogen) atoms. The van der Waals surface area contributed by atoms with E-state index in [1.165, 1.54) is 37.3 Å². The fraction of sp³-hybridized carbons (Fsp3) is 0.167. The molecule has 0 fully saturated rings. The number of ketones is 1. The summed E-state index contributed by atoms with van der Waals surface area (Å²) in [7, 11) is 1.64. The summed E-state index contributed by atoms with van der Waals surface area (Å²) in [6.07, 6.45) is 0. The van der Waals surface area contributed by atoms with Gasteiger partial charge in [0.25, 0.3) is 0 Å². The van der Waals surface area contributed by atoms with Gasteiger partial charge in [-0.3, -0.25) is 4.79 Å². The average Bonchev–Trinajstić information content (AvgIpc) is 3.21. The molecule has 6 rings (SSSR count). The number of carbonyl (C=O) groups is 4. The van der Waals surface area contributed by atoms with Crippen LogP contribution < -0.4 is 18.9 Å². The average molecular weight is 747 g/mol. The van der Waals surface area contributed by atoms with Gasteiger partial charge < -0.3 is 18.9 Å². The molecule has 0 amide bonds. The first-order chi connectivity index (χ1) is 26.7. The van der Waals surface area contributed by atoms with Gasteiger partial charge in [0.2, 0.25) is 0 Å². The molecule has 0 unspecified atom stereocenters. The van der Waals surface area contributed by atoms with Gasteiger partial charge in [-0.2, -0.15) is 0 Å². The second-order valence-corrected chi connectivity index (χ2v) is 14.4. The lowest BCUT2D eigenvalue weighted by atomic mass is 9.78. The van der Waals surface area contributed by atoms with E-state index in [4.69, 9.17) is 18.9 Å². The number of methoxy groups -OCH3 is 1. The van der Waals surface area contributed by atoms with E-state index in [1.54, 1.807) is 61.7 Å². The smallest absolute Gasteiger partial charge is 0.343 e. The Morgan fingerprint density at radius 2 is 0.696 bits per heavy atom. The second kappa shape index (κ2) is 16.3. The molecule has 0 aliphatic heterocycles. The Morgan fingerprint density at radius 3 is 1.02 bits per heavy atom. The van der Waals surface area contributed by atoms with Gasteiger partial charge in [-0.25, -0.2) is 14.4 Å². The van der Waals surface area contributed by atoms with Gasteiger partial charge in [0.15, 0.2) is 5.78 Å². The Morgan fingerprint density at radius 1 is 0.393 bits per heavy atom. The van der Waals surface area contributed by atoms with E-state index in [9.17, 15) is 19.2 Å². The second-order valence-electron chi connectivity index (χ2n) is 14.4. The summed E-state index contributed by atoms with van der Waals surface area (Å²) < 4.78 is 22.1. The zero-order valence-electron chi connectivity index (χ0n) is 32.1. The minimum Gasteiger partial charge on any atom is -0.497 e. The highest BCUT2D eigenvalue weighted by atomic mass is 16.5. The van der Waals surface area contributed by atoms with Crippen LogP contribution in [0.4, 0.5) is 0 Å². The summed E-state index contributed by atoms with van der Waals surface area (Å²) in [5.74, 6) is 0.165. The zero-order chi connectivity index (χ0) is 40.0. The number of ether oxygens (including phenoxy) is 4. The SMILES string of the molecule is COc1ccc(C(C)(C)c2ccc(OC(=O)c3ccc(C(=O)Oc4ccc(C(C)(C)c5ccc(OC(=O)c6cccc(C(C)=O)c6)cc5)cc4)cc3)cc2)cc1. The van der Waals surface area contributed by atoms with Crippen molar-refractivity contribution >= 4 is 23.7 Å². The lowest BCUT2D eigenvalue weighted by molar-refractivity contribution is 0.0720. The summed E-state index contributed by atoms with van der Waals surface area (Å²) in [5.41, 5.74) is 4.74. The number of benzene rings is 6. The van der Waals surface area contributed by atoms with Gasteiger partial charge in [-0.15, -0.1) is 0 Å². The first-order valence-corrected chi connectivity index (χ1v) is 18.1. The minimum absolute atomic E-state index is 0.131. The zero-order valence-corrected chi connectivity index (χ0v) is 32.1. The first kappa shape index (κ1) is 38.9. The lowest BCUT2D eigenvalue weighted by Gasteiger charge is -2.26. The molecule has 0 aliphatic carbocycles. The first-order valence-electron chi connectivity index (χ1n) is 18.1. The number of hydrogen-bond acceptors (Lipinski definition) is 8. The van der Waals surface area contributed by atoms with Crippen molar-refractivity contribution in [2.24, 2.45) is 0 Å². The van der Waals surface area contributed by atoms with E-state index < -0.39 is 23.3 Å². The molecule has 0 spiro atoms. The number of esters is 3. The van der Waals surface area contributed by atoms with Crippen LogP contribution in [0.2, 0.25) is 0 Å². The van der Waals surface area contributed by atoms with Crippen LogP contribution in [0.15, 0.2) is 146 Å². The third kappa shape index (κ3) is 8.77. The Kier molecular flexibility index (Phi) is 11.3. The largest absolute Gasteiger partial charge is 0.497 e. The summed E-state index contributed by atoms with van der Waals surface area (Å²) in [5, 5.41) is 0. The topological polar surface area (TPSA) is 105 Å². The molecule has 0 N–H and O–H groups in total. The van der Waals surface area contributed by atoms with E-state index in [0.717, 1.165) is 28.0 Å². The third-order valence-electron chi connectivity index (χ3n) is 10.0. The molecule has 0 aromatic heterocycles. The maximum absolute atomic E-state index is 13.0. The van der Waals surface area contributed by atoms with Gasteiger partial charge in [0.05, 0.1) is 23.8 Å². The van der Waals surface area contributed by atoms with E-state index in [1.807, 2.05) is 60.7 Å². The summed E-state index contributed by atoms with van der Waals surface area (Å²) >= 11 is 0. The van der Waals surface area contributed by atoms with Crippen LogP contribution in [0.1, 0.15) is 98.3 Å². The Labute approximate surface area is 326 Å². The van der Waals surface area contributed by atoms with Crippen LogP contribution in [0.25, 0.3) is 0 Å². The summed E-state index contributed by atoms with van der Waals surface area (Å²) in [6, 6.07) is 42.4. The van der Waals surface area contributed by atoms with Crippen molar-refractivity contribution in [1.29, 1.82) is 0 Å². The van der Waals surface area contributed by atoms with Crippen LogP contribution in [0.5, 0.6) is 23.0 Å². The molecule has 8 nitrogen and oxygen atoms in total. The predicted octanol–water partition coefficient (Wildman–Crippen LogP) is 10.2. The molecule has 0 radical (unpaired) electrons. The van der Waals surface area contributed by atoms with Gasteiger partial charge in [-0.05, 0) is 114 Å². The van der Waals surface area contributed by atoms with E-state index in [0.29, 0.717) is 33.9 Å². The van der Waals surface area contributed by atoms with Crippen LogP contribution >= 0.6 is 0 Å². The Bertz CT molecular complexity index is 2350. The fourth-order valence-electron chi connectivity index (χ4n) is 6.27. The normalized spacial score (nSPS) is 11.3. The van der Waals surface area contributed by atoms with E-state index in [-0.39, 0.29) is 16.8 Å². The van der Waals surface area contributed by atoms with Crippen molar-refractivity contribution < 1.29 is 38.1 Å². The highest BCUT2D eigenvalue weighted by Gasteiger charge is 2.25. The highest BCUT2D eigenvalue weighted by Crippen LogP contribution is 2.35. The van der Waals surface area contributed by atoms with Crippen LogP contribution in [-0.4, -0.2) is 30.8 Å². The monoisotopic (exact) mass is 746 g/mol.